The zero-order chi connectivity index (χ0) is 13.2. The number of rotatable bonds is 3. The van der Waals surface area contributed by atoms with Crippen LogP contribution in [0, 0.1) is 5.92 Å². The highest BCUT2D eigenvalue weighted by molar-refractivity contribution is 9.09. The molecule has 2 aromatic rings. The van der Waals surface area contributed by atoms with Crippen molar-refractivity contribution in [2.75, 3.05) is 6.61 Å². The van der Waals surface area contributed by atoms with Gasteiger partial charge >= 0.3 is 0 Å². The lowest BCUT2D eigenvalue weighted by Crippen LogP contribution is -2.27. The van der Waals surface area contributed by atoms with Crippen molar-refractivity contribution in [3.63, 3.8) is 0 Å². The van der Waals surface area contributed by atoms with Crippen molar-refractivity contribution >= 4 is 26.8 Å². The zero-order valence-electron chi connectivity index (χ0n) is 11.1. The topological polar surface area (TPSA) is 22.1 Å². The van der Waals surface area contributed by atoms with Crippen LogP contribution in [0.3, 0.4) is 0 Å². The van der Waals surface area contributed by atoms with Crippen LogP contribution in [0.15, 0.2) is 36.4 Å². The van der Waals surface area contributed by atoms with Gasteiger partial charge in [0.1, 0.15) is 0 Å². The third-order valence-corrected chi connectivity index (χ3v) is 4.71. The molecule has 3 rings (SSSR count). The van der Waals surface area contributed by atoms with Crippen LogP contribution in [-0.2, 0) is 11.2 Å². The molecule has 19 heavy (non-hydrogen) atoms. The number of aromatic nitrogens is 1. The number of nitrogens with zero attached hydrogens (tertiary/aromatic N) is 1. The molecule has 2 heterocycles. The maximum absolute atomic E-state index is 5.81. The van der Waals surface area contributed by atoms with Gasteiger partial charge in [0.25, 0.3) is 0 Å². The van der Waals surface area contributed by atoms with Gasteiger partial charge in [0, 0.05) is 28.9 Å². The highest BCUT2D eigenvalue weighted by Gasteiger charge is 2.30. The Hall–Kier alpha value is -0.930. The number of para-hydroxylation sites is 1. The first-order valence-electron chi connectivity index (χ1n) is 6.84. The predicted octanol–water partition coefficient (Wildman–Crippen LogP) is 3.97. The Bertz CT molecular complexity index is 571. The Kier molecular flexibility index (Phi) is 3.85. The molecule has 1 saturated heterocycles. The minimum Gasteiger partial charge on any atom is -0.377 e. The summed E-state index contributed by atoms with van der Waals surface area (Å²) in [6, 6.07) is 12.5. The molecule has 0 saturated carbocycles. The van der Waals surface area contributed by atoms with E-state index in [9.17, 15) is 0 Å². The van der Waals surface area contributed by atoms with Crippen LogP contribution in [0.25, 0.3) is 10.9 Å². The molecular weight excluding hydrogens is 302 g/mol. The lowest BCUT2D eigenvalue weighted by molar-refractivity contribution is 0.0933. The summed E-state index contributed by atoms with van der Waals surface area (Å²) in [4.78, 5) is 5.07. The van der Waals surface area contributed by atoms with Crippen LogP contribution in [0.4, 0.5) is 0 Å². The minimum atomic E-state index is 0.313. The first-order valence-corrected chi connectivity index (χ1v) is 7.76. The molecule has 3 atom stereocenters. The Morgan fingerprint density at radius 2 is 2.16 bits per heavy atom. The molecule has 1 aromatic carbocycles. The van der Waals surface area contributed by atoms with E-state index in [0.717, 1.165) is 30.7 Å². The molecule has 0 bridgehead atoms. The molecule has 100 valence electrons. The van der Waals surface area contributed by atoms with Gasteiger partial charge in [-0.1, -0.05) is 47.1 Å². The summed E-state index contributed by atoms with van der Waals surface area (Å²) in [5, 5.41) is 1.20. The SMILES string of the molecule is CC1CCOC1C(Br)Cc1ccc2ccccc2n1. The molecule has 3 unspecified atom stereocenters. The number of alkyl halides is 1. The second-order valence-electron chi connectivity index (χ2n) is 5.32. The predicted molar refractivity (Wildman–Crippen MR) is 81.7 cm³/mol. The summed E-state index contributed by atoms with van der Waals surface area (Å²) >= 11 is 3.78. The van der Waals surface area contributed by atoms with Gasteiger partial charge in [-0.05, 0) is 24.5 Å². The second-order valence-corrected chi connectivity index (χ2v) is 6.49. The van der Waals surface area contributed by atoms with E-state index in [-0.39, 0.29) is 0 Å². The summed E-state index contributed by atoms with van der Waals surface area (Å²) in [7, 11) is 0. The fourth-order valence-electron chi connectivity index (χ4n) is 2.72. The fourth-order valence-corrected chi connectivity index (χ4v) is 3.72. The van der Waals surface area contributed by atoms with Crippen LogP contribution in [0.5, 0.6) is 0 Å². The van der Waals surface area contributed by atoms with E-state index >= 15 is 0 Å². The molecule has 1 aliphatic rings. The highest BCUT2D eigenvalue weighted by atomic mass is 79.9. The molecule has 1 aliphatic heterocycles. The van der Waals surface area contributed by atoms with Crippen molar-refractivity contribution in [2.45, 2.75) is 30.7 Å². The van der Waals surface area contributed by atoms with Crippen molar-refractivity contribution in [1.82, 2.24) is 4.98 Å². The van der Waals surface area contributed by atoms with Crippen LogP contribution in [-0.4, -0.2) is 22.5 Å². The van der Waals surface area contributed by atoms with E-state index in [0.29, 0.717) is 16.8 Å². The molecule has 0 aliphatic carbocycles. The quantitative estimate of drug-likeness (QED) is 0.799. The van der Waals surface area contributed by atoms with Crippen molar-refractivity contribution in [3.05, 3.63) is 42.1 Å². The number of benzene rings is 1. The molecule has 1 fully saturated rings. The Labute approximate surface area is 122 Å². The summed E-state index contributed by atoms with van der Waals surface area (Å²) in [5.41, 5.74) is 2.20. The third-order valence-electron chi connectivity index (χ3n) is 3.86. The normalized spacial score (nSPS) is 24.7. The number of pyridine rings is 1. The monoisotopic (exact) mass is 319 g/mol. The van der Waals surface area contributed by atoms with E-state index in [2.05, 4.69) is 47.1 Å². The van der Waals surface area contributed by atoms with Gasteiger partial charge in [0.2, 0.25) is 0 Å². The van der Waals surface area contributed by atoms with Gasteiger partial charge in [0.05, 0.1) is 11.6 Å². The third kappa shape index (κ3) is 2.82. The second kappa shape index (κ2) is 5.59. The summed E-state index contributed by atoms with van der Waals surface area (Å²) < 4.78 is 5.81. The number of halogens is 1. The molecule has 3 heteroatoms. The molecule has 0 amide bonds. The van der Waals surface area contributed by atoms with Gasteiger partial charge in [-0.3, -0.25) is 4.98 Å². The van der Waals surface area contributed by atoms with E-state index in [1.54, 1.807) is 0 Å². The summed E-state index contributed by atoms with van der Waals surface area (Å²) in [5.74, 6) is 0.629. The molecule has 1 aromatic heterocycles. The first-order chi connectivity index (χ1) is 9.24. The van der Waals surface area contributed by atoms with Gasteiger partial charge < -0.3 is 4.74 Å². The first kappa shape index (κ1) is 13.1. The number of fused-ring (bicyclic) bond motifs is 1. The minimum absolute atomic E-state index is 0.313. The summed E-state index contributed by atoms with van der Waals surface area (Å²) in [6.07, 6.45) is 2.39. The smallest absolute Gasteiger partial charge is 0.0730 e. The Balaban J connectivity index is 1.77. The Morgan fingerprint density at radius 3 is 2.95 bits per heavy atom. The maximum Gasteiger partial charge on any atom is 0.0730 e. The van der Waals surface area contributed by atoms with Gasteiger partial charge in [0.15, 0.2) is 0 Å². The molecule has 0 N–H and O–H groups in total. The van der Waals surface area contributed by atoms with E-state index in [1.165, 1.54) is 5.39 Å². The molecule has 0 radical (unpaired) electrons. The van der Waals surface area contributed by atoms with Crippen molar-refractivity contribution in [3.8, 4) is 0 Å². The average molecular weight is 320 g/mol. The lowest BCUT2D eigenvalue weighted by Gasteiger charge is -2.20. The maximum atomic E-state index is 5.81. The number of hydrogen-bond donors (Lipinski definition) is 0. The largest absolute Gasteiger partial charge is 0.377 e. The molecule has 2 nitrogen and oxygen atoms in total. The van der Waals surface area contributed by atoms with Crippen molar-refractivity contribution in [2.24, 2.45) is 5.92 Å². The highest BCUT2D eigenvalue weighted by Crippen LogP contribution is 2.28. The van der Waals surface area contributed by atoms with E-state index in [1.807, 2.05) is 12.1 Å². The van der Waals surface area contributed by atoms with Crippen LogP contribution in [0.1, 0.15) is 19.0 Å². The standard InChI is InChI=1S/C16H18BrNO/c1-11-8-9-19-16(11)14(17)10-13-7-6-12-4-2-3-5-15(12)18-13/h2-7,11,14,16H,8-10H2,1H3. The summed E-state index contributed by atoms with van der Waals surface area (Å²) in [6.45, 7) is 3.15. The van der Waals surface area contributed by atoms with Crippen LogP contribution in [0.2, 0.25) is 0 Å². The van der Waals surface area contributed by atoms with Gasteiger partial charge in [-0.2, -0.15) is 0 Å². The van der Waals surface area contributed by atoms with Crippen molar-refractivity contribution < 1.29 is 4.74 Å². The lowest BCUT2D eigenvalue weighted by atomic mass is 9.99. The Morgan fingerprint density at radius 1 is 1.32 bits per heavy atom. The van der Waals surface area contributed by atoms with Crippen LogP contribution >= 0.6 is 15.9 Å². The van der Waals surface area contributed by atoms with E-state index in [4.69, 9.17) is 9.72 Å². The number of ether oxygens (including phenoxy) is 1. The van der Waals surface area contributed by atoms with Crippen molar-refractivity contribution in [1.29, 1.82) is 0 Å². The number of hydrogen-bond acceptors (Lipinski definition) is 2. The fraction of sp³-hybridized carbons (Fsp3) is 0.438. The molecular formula is C16H18BrNO. The zero-order valence-corrected chi connectivity index (χ0v) is 12.6. The van der Waals surface area contributed by atoms with E-state index < -0.39 is 0 Å². The van der Waals surface area contributed by atoms with Crippen LogP contribution < -0.4 is 0 Å². The average Bonchev–Trinajstić information content (AvgIpc) is 2.85. The van der Waals surface area contributed by atoms with Gasteiger partial charge in [-0.15, -0.1) is 0 Å². The molecule has 0 spiro atoms. The van der Waals surface area contributed by atoms with Gasteiger partial charge in [-0.25, -0.2) is 0 Å².